The van der Waals surface area contributed by atoms with E-state index >= 15 is 0 Å². The number of unbranched alkanes of at least 4 members (excludes halogenated alkanes) is 8. The molecule has 6 heteroatoms. The molecular weight excluding hydrogens is 382 g/mol. The van der Waals surface area contributed by atoms with Crippen molar-refractivity contribution in [3.05, 3.63) is 11.1 Å². The normalized spacial score (nSPS) is 11.1. The summed E-state index contributed by atoms with van der Waals surface area (Å²) in [4.78, 5) is 31.0. The summed E-state index contributed by atoms with van der Waals surface area (Å²) >= 11 is 1.41. The molecular formula is C23H41N3O2S. The van der Waals surface area contributed by atoms with Crippen molar-refractivity contribution in [1.29, 1.82) is 0 Å². The zero-order chi connectivity index (χ0) is 21.5. The van der Waals surface area contributed by atoms with Gasteiger partial charge in [0, 0.05) is 18.3 Å². The molecule has 0 aliphatic rings. The molecule has 0 atom stereocenters. The maximum atomic E-state index is 12.7. The molecule has 1 heterocycles. The molecule has 0 unspecified atom stereocenters. The highest BCUT2D eigenvalue weighted by Gasteiger charge is 2.18. The number of hydrogen-bond acceptors (Lipinski definition) is 4. The minimum Gasteiger partial charge on any atom is -0.333 e. The van der Waals surface area contributed by atoms with E-state index in [2.05, 4.69) is 31.1 Å². The number of amides is 2. The molecule has 166 valence electrons. The standard InChI is InChI=1S/C23H41N3O2S/c1-5-6-7-8-9-10-11-12-13-14-22(28)26(16-15-19(2)3)17-21(27)25-23-24-20(4)18-29-23/h18-19H,5-17H2,1-4H3,(H,24,25,27). The lowest BCUT2D eigenvalue weighted by atomic mass is 10.1. The van der Waals surface area contributed by atoms with Crippen LogP contribution in [0, 0.1) is 12.8 Å². The molecule has 5 nitrogen and oxygen atoms in total. The van der Waals surface area contributed by atoms with Crippen LogP contribution in [0.5, 0.6) is 0 Å². The Morgan fingerprint density at radius 3 is 2.24 bits per heavy atom. The Balaban J connectivity index is 2.33. The van der Waals surface area contributed by atoms with E-state index in [1.807, 2.05) is 12.3 Å². The number of nitrogens with one attached hydrogen (secondary N) is 1. The van der Waals surface area contributed by atoms with E-state index in [1.165, 1.54) is 56.3 Å². The van der Waals surface area contributed by atoms with Crippen LogP contribution in [0.1, 0.15) is 97.1 Å². The molecule has 0 radical (unpaired) electrons. The fraction of sp³-hybridized carbons (Fsp3) is 0.783. The van der Waals surface area contributed by atoms with Gasteiger partial charge in [0.25, 0.3) is 0 Å². The van der Waals surface area contributed by atoms with Gasteiger partial charge < -0.3 is 10.2 Å². The van der Waals surface area contributed by atoms with Gasteiger partial charge in [-0.05, 0) is 25.7 Å². The second-order valence-corrected chi connectivity index (χ2v) is 9.28. The summed E-state index contributed by atoms with van der Waals surface area (Å²) in [5.74, 6) is 0.435. The Kier molecular flexibility index (Phi) is 13.6. The summed E-state index contributed by atoms with van der Waals surface area (Å²) in [5, 5.41) is 5.32. The maximum absolute atomic E-state index is 12.7. The monoisotopic (exact) mass is 423 g/mol. The first-order chi connectivity index (χ1) is 13.9. The first-order valence-corrected chi connectivity index (χ1v) is 12.3. The van der Waals surface area contributed by atoms with Crippen molar-refractivity contribution in [3.8, 4) is 0 Å². The average molecular weight is 424 g/mol. The molecule has 0 aliphatic carbocycles. The number of anilines is 1. The van der Waals surface area contributed by atoms with E-state index in [9.17, 15) is 9.59 Å². The van der Waals surface area contributed by atoms with Crippen LogP contribution in [0.15, 0.2) is 5.38 Å². The highest BCUT2D eigenvalue weighted by atomic mass is 32.1. The minimum absolute atomic E-state index is 0.0964. The fourth-order valence-corrected chi connectivity index (χ4v) is 3.90. The van der Waals surface area contributed by atoms with E-state index in [0.717, 1.165) is 25.0 Å². The summed E-state index contributed by atoms with van der Waals surface area (Å²) in [5.41, 5.74) is 0.892. The zero-order valence-corrected chi connectivity index (χ0v) is 19.8. The van der Waals surface area contributed by atoms with Gasteiger partial charge in [0.05, 0.1) is 12.2 Å². The van der Waals surface area contributed by atoms with Gasteiger partial charge in [0.2, 0.25) is 11.8 Å². The average Bonchev–Trinajstić information content (AvgIpc) is 3.07. The quantitative estimate of drug-likeness (QED) is 0.323. The number of thiazole rings is 1. The summed E-state index contributed by atoms with van der Waals surface area (Å²) in [6.07, 6.45) is 12.6. The number of carbonyl (C=O) groups is 2. The largest absolute Gasteiger partial charge is 0.333 e. The summed E-state index contributed by atoms with van der Waals surface area (Å²) in [6, 6.07) is 0. The smallest absolute Gasteiger partial charge is 0.245 e. The molecule has 1 rings (SSSR count). The van der Waals surface area contributed by atoms with Gasteiger partial charge in [-0.3, -0.25) is 9.59 Å². The van der Waals surface area contributed by atoms with Gasteiger partial charge in [-0.25, -0.2) is 4.98 Å². The van der Waals surface area contributed by atoms with Crippen LogP contribution >= 0.6 is 11.3 Å². The number of carbonyl (C=O) groups excluding carboxylic acids is 2. The molecule has 0 fully saturated rings. The van der Waals surface area contributed by atoms with Crippen molar-refractivity contribution >= 4 is 28.3 Å². The Morgan fingerprint density at radius 2 is 1.69 bits per heavy atom. The van der Waals surface area contributed by atoms with Crippen LogP contribution in [0.2, 0.25) is 0 Å². The summed E-state index contributed by atoms with van der Waals surface area (Å²) in [7, 11) is 0. The Bertz CT molecular complexity index is 586. The third-order valence-electron chi connectivity index (χ3n) is 5.02. The first kappa shape index (κ1) is 25.6. The lowest BCUT2D eigenvalue weighted by molar-refractivity contribution is -0.135. The topological polar surface area (TPSA) is 62.3 Å². The third kappa shape index (κ3) is 12.7. The predicted molar refractivity (Wildman–Crippen MR) is 123 cm³/mol. The van der Waals surface area contributed by atoms with E-state index in [0.29, 0.717) is 24.0 Å². The molecule has 0 spiro atoms. The van der Waals surface area contributed by atoms with Crippen LogP contribution in [-0.2, 0) is 9.59 Å². The van der Waals surface area contributed by atoms with Crippen LogP contribution < -0.4 is 5.32 Å². The fourth-order valence-electron chi connectivity index (χ4n) is 3.19. The van der Waals surface area contributed by atoms with Crippen molar-refractivity contribution < 1.29 is 9.59 Å². The SMILES string of the molecule is CCCCCCCCCCCC(=O)N(CCC(C)C)CC(=O)Nc1nc(C)cs1. The molecule has 0 bridgehead atoms. The van der Waals surface area contributed by atoms with Crippen LogP contribution in [-0.4, -0.2) is 34.8 Å². The molecule has 1 aromatic heterocycles. The Labute approximate surface area is 181 Å². The molecule has 1 N–H and O–H groups in total. The van der Waals surface area contributed by atoms with Crippen molar-refractivity contribution in [2.75, 3.05) is 18.4 Å². The van der Waals surface area contributed by atoms with Crippen molar-refractivity contribution in [1.82, 2.24) is 9.88 Å². The van der Waals surface area contributed by atoms with Gasteiger partial charge in [0.1, 0.15) is 0 Å². The Hall–Kier alpha value is -1.43. The van der Waals surface area contributed by atoms with Gasteiger partial charge in [-0.2, -0.15) is 0 Å². The van der Waals surface area contributed by atoms with E-state index in [1.54, 1.807) is 4.90 Å². The van der Waals surface area contributed by atoms with Crippen LogP contribution in [0.4, 0.5) is 5.13 Å². The molecule has 0 aliphatic heterocycles. The van der Waals surface area contributed by atoms with Gasteiger partial charge in [-0.1, -0.05) is 72.1 Å². The number of aryl methyl sites for hydroxylation is 1. The van der Waals surface area contributed by atoms with Crippen molar-refractivity contribution in [2.24, 2.45) is 5.92 Å². The van der Waals surface area contributed by atoms with Gasteiger partial charge in [-0.15, -0.1) is 11.3 Å². The number of nitrogens with zero attached hydrogens (tertiary/aromatic N) is 2. The van der Waals surface area contributed by atoms with Crippen molar-refractivity contribution in [3.63, 3.8) is 0 Å². The van der Waals surface area contributed by atoms with Gasteiger partial charge >= 0.3 is 0 Å². The lowest BCUT2D eigenvalue weighted by Crippen LogP contribution is -2.39. The molecule has 0 saturated heterocycles. The summed E-state index contributed by atoms with van der Waals surface area (Å²) in [6.45, 7) is 9.17. The van der Waals surface area contributed by atoms with Crippen molar-refractivity contribution in [2.45, 2.75) is 98.3 Å². The van der Waals surface area contributed by atoms with E-state index in [4.69, 9.17) is 0 Å². The molecule has 0 saturated carbocycles. The molecule has 29 heavy (non-hydrogen) atoms. The predicted octanol–water partition coefficient (Wildman–Crippen LogP) is 6.19. The van der Waals surface area contributed by atoms with Gasteiger partial charge in [0.15, 0.2) is 5.13 Å². The molecule has 0 aromatic carbocycles. The lowest BCUT2D eigenvalue weighted by Gasteiger charge is -2.23. The maximum Gasteiger partial charge on any atom is 0.245 e. The number of hydrogen-bond donors (Lipinski definition) is 1. The van der Waals surface area contributed by atoms with Crippen LogP contribution in [0.25, 0.3) is 0 Å². The second-order valence-electron chi connectivity index (χ2n) is 8.42. The highest BCUT2D eigenvalue weighted by Crippen LogP contribution is 2.15. The first-order valence-electron chi connectivity index (χ1n) is 11.4. The number of rotatable bonds is 16. The summed E-state index contributed by atoms with van der Waals surface area (Å²) < 4.78 is 0. The molecule has 2 amide bonds. The van der Waals surface area contributed by atoms with E-state index in [-0.39, 0.29) is 18.4 Å². The van der Waals surface area contributed by atoms with E-state index < -0.39 is 0 Å². The zero-order valence-electron chi connectivity index (χ0n) is 19.0. The minimum atomic E-state index is -0.163. The second kappa shape index (κ2) is 15.4. The third-order valence-corrected chi connectivity index (χ3v) is 5.90. The number of aromatic nitrogens is 1. The van der Waals surface area contributed by atoms with Crippen LogP contribution in [0.3, 0.4) is 0 Å². The molecule has 1 aromatic rings. The highest BCUT2D eigenvalue weighted by molar-refractivity contribution is 7.13. The Morgan fingerprint density at radius 1 is 1.07 bits per heavy atom.